The molecule has 0 amide bonds. The van der Waals surface area contributed by atoms with Gasteiger partial charge in [0, 0.05) is 12.1 Å². The predicted molar refractivity (Wildman–Crippen MR) is 69.3 cm³/mol. The molecule has 0 atom stereocenters. The van der Waals surface area contributed by atoms with E-state index in [2.05, 4.69) is 44.6 Å². The lowest BCUT2D eigenvalue weighted by atomic mass is 10.1. The molecule has 0 heterocycles. The fourth-order valence-electron chi connectivity index (χ4n) is 1.46. The lowest BCUT2D eigenvalue weighted by Crippen LogP contribution is -2.36. The SMILES string of the molecule is C=CCN(C)CCCCCNC(C)(C)C. The summed E-state index contributed by atoms with van der Waals surface area (Å²) >= 11 is 0. The summed E-state index contributed by atoms with van der Waals surface area (Å²) in [6.45, 7) is 13.7. The van der Waals surface area contributed by atoms with E-state index in [1.165, 1.54) is 25.8 Å². The molecule has 0 saturated carbocycles. The van der Waals surface area contributed by atoms with Crippen molar-refractivity contribution in [3.05, 3.63) is 12.7 Å². The molecular formula is C13H28N2. The summed E-state index contributed by atoms with van der Waals surface area (Å²) in [6.07, 6.45) is 5.83. The minimum atomic E-state index is 0.264. The van der Waals surface area contributed by atoms with Crippen molar-refractivity contribution in [2.75, 3.05) is 26.7 Å². The molecule has 15 heavy (non-hydrogen) atoms. The maximum Gasteiger partial charge on any atom is 0.0157 e. The van der Waals surface area contributed by atoms with Crippen molar-refractivity contribution >= 4 is 0 Å². The van der Waals surface area contributed by atoms with Gasteiger partial charge in [0.2, 0.25) is 0 Å². The molecule has 2 nitrogen and oxygen atoms in total. The molecule has 0 aromatic carbocycles. The normalized spacial score (nSPS) is 12.1. The Morgan fingerprint density at radius 1 is 1.20 bits per heavy atom. The van der Waals surface area contributed by atoms with Gasteiger partial charge in [0.15, 0.2) is 0 Å². The van der Waals surface area contributed by atoms with Crippen LogP contribution in [0.15, 0.2) is 12.7 Å². The molecule has 0 aliphatic carbocycles. The highest BCUT2D eigenvalue weighted by Gasteiger charge is 2.06. The molecule has 0 aromatic rings. The molecule has 0 aliphatic rings. The van der Waals surface area contributed by atoms with Gasteiger partial charge in [0.25, 0.3) is 0 Å². The van der Waals surface area contributed by atoms with E-state index in [0.717, 1.165) is 13.1 Å². The van der Waals surface area contributed by atoms with Crippen molar-refractivity contribution in [1.82, 2.24) is 10.2 Å². The highest BCUT2D eigenvalue weighted by molar-refractivity contribution is 4.71. The third-order valence-electron chi connectivity index (χ3n) is 2.31. The molecule has 0 saturated heterocycles. The third-order valence-corrected chi connectivity index (χ3v) is 2.31. The molecule has 1 N–H and O–H groups in total. The fourth-order valence-corrected chi connectivity index (χ4v) is 1.46. The average molecular weight is 212 g/mol. The van der Waals surface area contributed by atoms with Crippen LogP contribution in [0.4, 0.5) is 0 Å². The van der Waals surface area contributed by atoms with E-state index in [-0.39, 0.29) is 5.54 Å². The van der Waals surface area contributed by atoms with Gasteiger partial charge in [-0.25, -0.2) is 0 Å². The second-order valence-corrected chi connectivity index (χ2v) is 5.29. The van der Waals surface area contributed by atoms with Crippen LogP contribution in [0.1, 0.15) is 40.0 Å². The van der Waals surface area contributed by atoms with E-state index < -0.39 is 0 Å². The van der Waals surface area contributed by atoms with Crippen LogP contribution in [0.5, 0.6) is 0 Å². The summed E-state index contributed by atoms with van der Waals surface area (Å²) in [7, 11) is 2.15. The molecule has 0 rings (SSSR count). The standard InChI is InChI=1S/C13H28N2/c1-6-11-15(5)12-9-7-8-10-14-13(2,3)4/h6,14H,1,7-12H2,2-5H3. The van der Waals surface area contributed by atoms with E-state index in [9.17, 15) is 0 Å². The Morgan fingerprint density at radius 2 is 1.87 bits per heavy atom. The zero-order chi connectivity index (χ0) is 11.7. The van der Waals surface area contributed by atoms with Gasteiger partial charge >= 0.3 is 0 Å². The Balaban J connectivity index is 3.21. The van der Waals surface area contributed by atoms with Gasteiger partial charge in [-0.15, -0.1) is 6.58 Å². The number of nitrogens with zero attached hydrogens (tertiary/aromatic N) is 1. The van der Waals surface area contributed by atoms with Crippen molar-refractivity contribution in [2.45, 2.75) is 45.6 Å². The van der Waals surface area contributed by atoms with Crippen LogP contribution in [0.2, 0.25) is 0 Å². The molecule has 0 fully saturated rings. The predicted octanol–water partition coefficient (Wildman–Crippen LogP) is 2.66. The Labute approximate surface area is 95.7 Å². The lowest BCUT2D eigenvalue weighted by molar-refractivity contribution is 0.352. The first-order valence-corrected chi connectivity index (χ1v) is 6.00. The number of nitrogens with one attached hydrogen (secondary N) is 1. The zero-order valence-corrected chi connectivity index (χ0v) is 11.0. The van der Waals surface area contributed by atoms with E-state index >= 15 is 0 Å². The smallest absolute Gasteiger partial charge is 0.0157 e. The number of unbranched alkanes of at least 4 members (excludes halogenated alkanes) is 2. The number of likely N-dealkylation sites (N-methyl/N-ethyl adjacent to an activating group) is 1. The lowest BCUT2D eigenvalue weighted by Gasteiger charge is -2.20. The van der Waals surface area contributed by atoms with Crippen molar-refractivity contribution in [3.8, 4) is 0 Å². The molecule has 0 bridgehead atoms. The summed E-state index contributed by atoms with van der Waals surface area (Å²) in [5.74, 6) is 0. The van der Waals surface area contributed by atoms with Gasteiger partial charge in [-0.3, -0.25) is 0 Å². The van der Waals surface area contributed by atoms with Crippen molar-refractivity contribution in [2.24, 2.45) is 0 Å². The minimum absolute atomic E-state index is 0.264. The van der Waals surface area contributed by atoms with E-state index in [1.807, 2.05) is 6.08 Å². The number of hydrogen-bond donors (Lipinski definition) is 1. The van der Waals surface area contributed by atoms with Gasteiger partial charge < -0.3 is 10.2 Å². The van der Waals surface area contributed by atoms with Gasteiger partial charge in [-0.2, -0.15) is 0 Å². The Morgan fingerprint density at radius 3 is 2.40 bits per heavy atom. The molecule has 2 heteroatoms. The second kappa shape index (κ2) is 7.89. The Kier molecular flexibility index (Phi) is 7.71. The molecule has 0 aromatic heterocycles. The zero-order valence-electron chi connectivity index (χ0n) is 11.0. The van der Waals surface area contributed by atoms with Gasteiger partial charge in [0.05, 0.1) is 0 Å². The van der Waals surface area contributed by atoms with Crippen LogP contribution < -0.4 is 5.32 Å². The number of hydrogen-bond acceptors (Lipinski definition) is 2. The van der Waals surface area contributed by atoms with Crippen LogP contribution in [0.3, 0.4) is 0 Å². The van der Waals surface area contributed by atoms with E-state index in [0.29, 0.717) is 0 Å². The van der Waals surface area contributed by atoms with Crippen LogP contribution in [-0.2, 0) is 0 Å². The summed E-state index contributed by atoms with van der Waals surface area (Å²) in [4.78, 5) is 2.31. The van der Waals surface area contributed by atoms with Crippen LogP contribution >= 0.6 is 0 Å². The summed E-state index contributed by atoms with van der Waals surface area (Å²) in [5, 5.41) is 3.51. The summed E-state index contributed by atoms with van der Waals surface area (Å²) in [6, 6.07) is 0. The fraction of sp³-hybridized carbons (Fsp3) is 0.846. The van der Waals surface area contributed by atoms with Crippen LogP contribution in [-0.4, -0.2) is 37.1 Å². The average Bonchev–Trinajstić information content (AvgIpc) is 2.09. The summed E-state index contributed by atoms with van der Waals surface area (Å²) < 4.78 is 0. The van der Waals surface area contributed by atoms with Crippen molar-refractivity contribution in [1.29, 1.82) is 0 Å². The molecule has 0 spiro atoms. The first-order valence-electron chi connectivity index (χ1n) is 6.00. The highest BCUT2D eigenvalue weighted by atomic mass is 15.1. The van der Waals surface area contributed by atoms with Crippen molar-refractivity contribution < 1.29 is 0 Å². The minimum Gasteiger partial charge on any atom is -0.312 e. The molecule has 0 unspecified atom stereocenters. The first-order chi connectivity index (χ1) is 6.95. The largest absolute Gasteiger partial charge is 0.312 e. The van der Waals surface area contributed by atoms with Gasteiger partial charge in [-0.1, -0.05) is 12.5 Å². The van der Waals surface area contributed by atoms with Crippen LogP contribution in [0, 0.1) is 0 Å². The molecule has 90 valence electrons. The van der Waals surface area contributed by atoms with Crippen molar-refractivity contribution in [3.63, 3.8) is 0 Å². The Hall–Kier alpha value is -0.340. The molecular weight excluding hydrogens is 184 g/mol. The summed E-state index contributed by atoms with van der Waals surface area (Å²) in [5.41, 5.74) is 0.264. The van der Waals surface area contributed by atoms with E-state index in [4.69, 9.17) is 0 Å². The molecule has 0 radical (unpaired) electrons. The molecule has 0 aliphatic heterocycles. The Bertz CT molecular complexity index is 158. The van der Waals surface area contributed by atoms with E-state index in [1.54, 1.807) is 0 Å². The second-order valence-electron chi connectivity index (χ2n) is 5.29. The first kappa shape index (κ1) is 14.7. The van der Waals surface area contributed by atoms with Gasteiger partial charge in [0.1, 0.15) is 0 Å². The van der Waals surface area contributed by atoms with Gasteiger partial charge in [-0.05, 0) is 53.8 Å². The quantitative estimate of drug-likeness (QED) is 0.491. The topological polar surface area (TPSA) is 15.3 Å². The van der Waals surface area contributed by atoms with Crippen LogP contribution in [0.25, 0.3) is 0 Å². The highest BCUT2D eigenvalue weighted by Crippen LogP contribution is 2.01. The number of rotatable bonds is 8. The maximum atomic E-state index is 3.73. The maximum absolute atomic E-state index is 3.73. The monoisotopic (exact) mass is 212 g/mol. The third kappa shape index (κ3) is 11.6.